The summed E-state index contributed by atoms with van der Waals surface area (Å²) >= 11 is 0. The topological polar surface area (TPSA) is 13.1 Å². The summed E-state index contributed by atoms with van der Waals surface area (Å²) in [6, 6.07) is 72.6. The number of fused-ring (bicyclic) bond motifs is 14. The molecule has 2 aliphatic carbocycles. The van der Waals surface area contributed by atoms with E-state index in [0.29, 0.717) is 0 Å². The van der Waals surface area contributed by atoms with Crippen molar-refractivity contribution in [2.45, 2.75) is 38.5 Å². The zero-order valence-corrected chi connectivity index (χ0v) is 36.9. The molecule has 11 aromatic carbocycles. The standard InChI is InChI=1S/C64H44O/c1-63(2)53-32-30-39(58-61-52(36-51-44-21-13-14-27-56(44)65-62(51)58)60-42-20-8-6-17-38(42)29-33-54(60)64(61,3)4)34-50(53)43-31-28-40(35-55(43)63)57-46-22-9-11-24-48(46)59(49-25-12-10-23-47(49)57)45-26-15-18-37-16-5-7-19-41(37)45/h5-36H,1-4H3. The van der Waals surface area contributed by atoms with Gasteiger partial charge in [0, 0.05) is 27.2 Å². The Balaban J connectivity index is 0.990. The van der Waals surface area contributed by atoms with Crippen LogP contribution in [0.4, 0.5) is 0 Å². The molecule has 12 aromatic rings. The molecule has 0 aliphatic heterocycles. The third kappa shape index (κ3) is 4.88. The lowest BCUT2D eigenvalue weighted by atomic mass is 9.77. The van der Waals surface area contributed by atoms with Crippen molar-refractivity contribution >= 4 is 65.0 Å². The Hall–Kier alpha value is -7.74. The fourth-order valence-electron chi connectivity index (χ4n) is 12.4. The lowest BCUT2D eigenvalue weighted by Crippen LogP contribution is -2.16. The van der Waals surface area contributed by atoms with E-state index in [-0.39, 0.29) is 10.8 Å². The molecule has 65 heavy (non-hydrogen) atoms. The molecule has 1 heterocycles. The zero-order chi connectivity index (χ0) is 43.3. The van der Waals surface area contributed by atoms with Gasteiger partial charge in [0.25, 0.3) is 0 Å². The predicted octanol–water partition coefficient (Wildman–Crippen LogP) is 17.8. The van der Waals surface area contributed by atoms with Gasteiger partial charge < -0.3 is 4.42 Å². The van der Waals surface area contributed by atoms with Crippen LogP contribution in [0.25, 0.3) is 121 Å². The van der Waals surface area contributed by atoms with E-state index in [1.807, 2.05) is 0 Å². The molecule has 0 amide bonds. The Morgan fingerprint density at radius 1 is 0.308 bits per heavy atom. The molecule has 306 valence electrons. The van der Waals surface area contributed by atoms with Crippen LogP contribution in [0.5, 0.6) is 0 Å². The molecule has 0 atom stereocenters. The van der Waals surface area contributed by atoms with Gasteiger partial charge in [0.1, 0.15) is 11.2 Å². The van der Waals surface area contributed by atoms with E-state index in [1.165, 1.54) is 126 Å². The van der Waals surface area contributed by atoms with Crippen molar-refractivity contribution in [1.82, 2.24) is 0 Å². The molecule has 0 bridgehead atoms. The molecular weight excluding hydrogens is 785 g/mol. The molecular formula is C64H44O. The van der Waals surface area contributed by atoms with Gasteiger partial charge in [-0.25, -0.2) is 0 Å². The van der Waals surface area contributed by atoms with Crippen molar-refractivity contribution in [2.24, 2.45) is 0 Å². The van der Waals surface area contributed by atoms with E-state index >= 15 is 0 Å². The van der Waals surface area contributed by atoms with Crippen LogP contribution < -0.4 is 0 Å². The van der Waals surface area contributed by atoms with Gasteiger partial charge in [-0.15, -0.1) is 0 Å². The monoisotopic (exact) mass is 828 g/mol. The molecule has 1 nitrogen and oxygen atoms in total. The summed E-state index contributed by atoms with van der Waals surface area (Å²) in [5, 5.41) is 12.5. The second-order valence-electron chi connectivity index (χ2n) is 19.5. The Labute approximate surface area is 378 Å². The SMILES string of the molecule is CC1(C)c2ccc(-c3c4c(cc5c3oc3ccccc35)-c3c(ccc5ccccc35)C4(C)C)cc2-c2ccc(-c3c4ccccc4c(-c4cccc5ccccc45)c4ccccc34)cc21. The fraction of sp³-hybridized carbons (Fsp3) is 0.0938. The minimum atomic E-state index is -0.253. The van der Waals surface area contributed by atoms with E-state index in [9.17, 15) is 0 Å². The van der Waals surface area contributed by atoms with Crippen molar-refractivity contribution in [3.63, 3.8) is 0 Å². The van der Waals surface area contributed by atoms with E-state index in [2.05, 4.69) is 222 Å². The maximum atomic E-state index is 6.97. The van der Waals surface area contributed by atoms with Crippen molar-refractivity contribution in [2.75, 3.05) is 0 Å². The Morgan fingerprint density at radius 2 is 0.877 bits per heavy atom. The fourth-order valence-corrected chi connectivity index (χ4v) is 12.4. The van der Waals surface area contributed by atoms with Gasteiger partial charge in [0.15, 0.2) is 0 Å². The van der Waals surface area contributed by atoms with Crippen molar-refractivity contribution in [3.8, 4) is 55.6 Å². The van der Waals surface area contributed by atoms with Crippen LogP contribution in [0.15, 0.2) is 199 Å². The number of rotatable bonds is 3. The first-order valence-corrected chi connectivity index (χ1v) is 23.0. The molecule has 14 rings (SSSR count). The van der Waals surface area contributed by atoms with Gasteiger partial charge in [-0.05, 0) is 140 Å². The summed E-state index contributed by atoms with van der Waals surface area (Å²) < 4.78 is 6.97. The van der Waals surface area contributed by atoms with Crippen molar-refractivity contribution in [1.29, 1.82) is 0 Å². The maximum Gasteiger partial charge on any atom is 0.143 e. The molecule has 1 heteroatoms. The number of hydrogen-bond acceptors (Lipinski definition) is 1. The van der Waals surface area contributed by atoms with Gasteiger partial charge >= 0.3 is 0 Å². The summed E-state index contributed by atoms with van der Waals surface area (Å²) in [6.07, 6.45) is 0. The molecule has 2 aliphatic rings. The minimum absolute atomic E-state index is 0.213. The number of para-hydroxylation sites is 1. The van der Waals surface area contributed by atoms with Crippen LogP contribution in [0.3, 0.4) is 0 Å². The minimum Gasteiger partial charge on any atom is -0.455 e. The summed E-state index contributed by atoms with van der Waals surface area (Å²) in [5.41, 5.74) is 19.6. The third-order valence-corrected chi connectivity index (χ3v) is 15.4. The Kier molecular flexibility index (Phi) is 7.30. The maximum absolute atomic E-state index is 6.97. The second kappa shape index (κ2) is 12.9. The average Bonchev–Trinajstić information content (AvgIpc) is 3.91. The first-order chi connectivity index (χ1) is 31.8. The van der Waals surface area contributed by atoms with Gasteiger partial charge in [-0.3, -0.25) is 0 Å². The largest absolute Gasteiger partial charge is 0.455 e. The van der Waals surface area contributed by atoms with Crippen molar-refractivity contribution < 1.29 is 4.42 Å². The average molecular weight is 829 g/mol. The van der Waals surface area contributed by atoms with Crippen LogP contribution in [0, 0.1) is 0 Å². The highest BCUT2D eigenvalue weighted by Gasteiger charge is 2.42. The zero-order valence-electron chi connectivity index (χ0n) is 36.9. The van der Waals surface area contributed by atoms with Gasteiger partial charge in [-0.1, -0.05) is 198 Å². The van der Waals surface area contributed by atoms with Crippen LogP contribution >= 0.6 is 0 Å². The quantitative estimate of drug-likeness (QED) is 0.162. The summed E-state index contributed by atoms with van der Waals surface area (Å²) in [4.78, 5) is 0. The van der Waals surface area contributed by atoms with E-state index in [0.717, 1.165) is 16.6 Å². The van der Waals surface area contributed by atoms with Gasteiger partial charge in [-0.2, -0.15) is 0 Å². The highest BCUT2D eigenvalue weighted by molar-refractivity contribution is 6.24. The number of benzene rings is 11. The summed E-state index contributed by atoms with van der Waals surface area (Å²) in [6.45, 7) is 9.62. The second-order valence-corrected chi connectivity index (χ2v) is 19.5. The van der Waals surface area contributed by atoms with Gasteiger partial charge in [0.2, 0.25) is 0 Å². The van der Waals surface area contributed by atoms with Gasteiger partial charge in [0.05, 0.1) is 0 Å². The molecule has 0 fully saturated rings. The van der Waals surface area contributed by atoms with Crippen LogP contribution in [0.1, 0.15) is 49.9 Å². The highest BCUT2D eigenvalue weighted by Crippen LogP contribution is 2.59. The molecule has 0 spiro atoms. The molecule has 0 saturated carbocycles. The van der Waals surface area contributed by atoms with Crippen LogP contribution in [-0.4, -0.2) is 0 Å². The molecule has 0 radical (unpaired) electrons. The predicted molar refractivity (Wildman–Crippen MR) is 275 cm³/mol. The van der Waals surface area contributed by atoms with E-state index in [1.54, 1.807) is 0 Å². The smallest absolute Gasteiger partial charge is 0.143 e. The van der Waals surface area contributed by atoms with Crippen LogP contribution in [-0.2, 0) is 10.8 Å². The lowest BCUT2D eigenvalue weighted by molar-refractivity contribution is 0.650. The molecule has 0 N–H and O–H groups in total. The summed E-state index contributed by atoms with van der Waals surface area (Å²) in [7, 11) is 0. The molecule has 0 unspecified atom stereocenters. The summed E-state index contributed by atoms with van der Waals surface area (Å²) in [5.74, 6) is 0. The van der Waals surface area contributed by atoms with E-state index < -0.39 is 0 Å². The Morgan fingerprint density at radius 3 is 1.62 bits per heavy atom. The first kappa shape index (κ1) is 36.7. The van der Waals surface area contributed by atoms with Crippen LogP contribution in [0.2, 0.25) is 0 Å². The number of furan rings is 1. The normalized spacial score (nSPS) is 14.4. The van der Waals surface area contributed by atoms with Crippen molar-refractivity contribution in [3.05, 3.63) is 216 Å². The molecule has 1 aromatic heterocycles. The Bertz CT molecular complexity index is 4000. The number of hydrogen-bond donors (Lipinski definition) is 0. The highest BCUT2D eigenvalue weighted by atomic mass is 16.3. The first-order valence-electron chi connectivity index (χ1n) is 23.0. The third-order valence-electron chi connectivity index (χ3n) is 15.4. The molecule has 0 saturated heterocycles. The lowest BCUT2D eigenvalue weighted by Gasteiger charge is -2.25. The van der Waals surface area contributed by atoms with E-state index in [4.69, 9.17) is 4.42 Å².